The van der Waals surface area contributed by atoms with Crippen LogP contribution in [0.5, 0.6) is 0 Å². The third-order valence-corrected chi connectivity index (χ3v) is 3.65. The summed E-state index contributed by atoms with van der Waals surface area (Å²) in [6.07, 6.45) is 5.04. The molecule has 0 atom stereocenters. The van der Waals surface area contributed by atoms with E-state index in [9.17, 15) is 9.59 Å². The Morgan fingerprint density at radius 1 is 1.08 bits per heavy atom. The monoisotopic (exact) mass is 319 g/mol. The first kappa shape index (κ1) is 15.7. The van der Waals surface area contributed by atoms with Crippen molar-refractivity contribution in [1.82, 2.24) is 4.40 Å². The molecule has 4 nitrogen and oxygen atoms in total. The second-order valence-electron chi connectivity index (χ2n) is 5.23. The van der Waals surface area contributed by atoms with Crippen LogP contribution < -0.4 is 0 Å². The zero-order valence-corrected chi connectivity index (χ0v) is 13.3. The summed E-state index contributed by atoms with van der Waals surface area (Å²) in [5.74, 6) is -0.595. The minimum atomic E-state index is -0.424. The van der Waals surface area contributed by atoms with Gasteiger partial charge in [-0.25, -0.2) is 4.79 Å². The van der Waals surface area contributed by atoms with Gasteiger partial charge in [-0.1, -0.05) is 42.5 Å². The molecular weight excluding hydrogens is 302 g/mol. The number of hydrogen-bond acceptors (Lipinski definition) is 3. The molecule has 0 aliphatic rings. The Labute approximate surface area is 140 Å². The van der Waals surface area contributed by atoms with Gasteiger partial charge in [0, 0.05) is 6.20 Å². The van der Waals surface area contributed by atoms with Gasteiger partial charge in [0.15, 0.2) is 0 Å². The minimum Gasteiger partial charge on any atom is -0.462 e. The van der Waals surface area contributed by atoms with Gasteiger partial charge in [0.1, 0.15) is 0 Å². The van der Waals surface area contributed by atoms with Crippen molar-refractivity contribution in [1.29, 1.82) is 0 Å². The van der Waals surface area contributed by atoms with Crippen LogP contribution in [0.25, 0.3) is 11.6 Å². The highest BCUT2D eigenvalue weighted by atomic mass is 16.5. The number of nitrogens with zero attached hydrogens (tertiary/aromatic N) is 1. The van der Waals surface area contributed by atoms with Crippen LogP contribution >= 0.6 is 0 Å². The largest absolute Gasteiger partial charge is 0.462 e. The predicted octanol–water partition coefficient (Wildman–Crippen LogP) is 4.01. The summed E-state index contributed by atoms with van der Waals surface area (Å²) in [5.41, 5.74) is 2.43. The van der Waals surface area contributed by atoms with Crippen molar-refractivity contribution < 1.29 is 14.3 Å². The molecule has 0 unspecified atom stereocenters. The molecule has 0 saturated carbocycles. The maximum absolute atomic E-state index is 12.6. The van der Waals surface area contributed by atoms with Crippen LogP contribution in [0.1, 0.15) is 33.3 Å². The number of hydrogen-bond donors (Lipinski definition) is 0. The number of fused-ring (bicyclic) bond motifs is 1. The van der Waals surface area contributed by atoms with E-state index in [2.05, 4.69) is 0 Å². The first-order valence-electron chi connectivity index (χ1n) is 7.75. The Morgan fingerprint density at radius 2 is 1.83 bits per heavy atom. The number of pyridine rings is 1. The zero-order valence-electron chi connectivity index (χ0n) is 13.3. The number of ether oxygens (including phenoxy) is 1. The molecule has 2 heterocycles. The van der Waals surface area contributed by atoms with Crippen LogP contribution in [0.4, 0.5) is 0 Å². The Bertz CT molecular complexity index is 907. The Hall–Kier alpha value is -3.14. The highest BCUT2D eigenvalue weighted by molar-refractivity contribution is 6.09. The topological polar surface area (TPSA) is 47.8 Å². The smallest absolute Gasteiger partial charge is 0.340 e. The van der Waals surface area contributed by atoms with Crippen molar-refractivity contribution >= 4 is 23.3 Å². The lowest BCUT2D eigenvalue weighted by Gasteiger charge is -2.00. The second-order valence-corrected chi connectivity index (χ2v) is 5.23. The van der Waals surface area contributed by atoms with Crippen molar-refractivity contribution in [2.45, 2.75) is 6.92 Å². The van der Waals surface area contributed by atoms with E-state index in [4.69, 9.17) is 4.74 Å². The lowest BCUT2D eigenvalue weighted by atomic mass is 10.1. The summed E-state index contributed by atoms with van der Waals surface area (Å²) < 4.78 is 6.79. The lowest BCUT2D eigenvalue weighted by Crippen LogP contribution is -2.03. The van der Waals surface area contributed by atoms with Gasteiger partial charge in [0.2, 0.25) is 5.78 Å². The molecule has 1 aromatic carbocycles. The SMILES string of the molecule is CCOC(=O)c1cc(C(=O)/C=C/c2ccccc2)n2ccccc12. The number of ketones is 1. The second kappa shape index (κ2) is 6.96. The fraction of sp³-hybridized carbons (Fsp3) is 0.100. The van der Waals surface area contributed by atoms with Crippen LogP contribution in [0.2, 0.25) is 0 Å². The van der Waals surface area contributed by atoms with E-state index in [1.165, 1.54) is 6.08 Å². The summed E-state index contributed by atoms with van der Waals surface area (Å²) in [6, 6.07) is 16.6. The Balaban J connectivity index is 1.98. The molecule has 0 amide bonds. The maximum atomic E-state index is 12.6. The van der Waals surface area contributed by atoms with E-state index in [0.717, 1.165) is 5.56 Å². The molecule has 0 radical (unpaired) electrons. The van der Waals surface area contributed by atoms with Crippen molar-refractivity contribution in [3.63, 3.8) is 0 Å². The normalized spacial score (nSPS) is 11.0. The molecule has 0 aliphatic heterocycles. The summed E-state index contributed by atoms with van der Waals surface area (Å²) in [5, 5.41) is 0. The van der Waals surface area contributed by atoms with Gasteiger partial charge in [-0.2, -0.15) is 0 Å². The summed E-state index contributed by atoms with van der Waals surface area (Å²) >= 11 is 0. The average molecular weight is 319 g/mol. The fourth-order valence-electron chi connectivity index (χ4n) is 2.54. The third kappa shape index (κ3) is 3.13. The van der Waals surface area contributed by atoms with E-state index in [1.54, 1.807) is 35.7 Å². The van der Waals surface area contributed by atoms with Crippen molar-refractivity contribution in [2.75, 3.05) is 6.61 Å². The molecule has 4 heteroatoms. The zero-order chi connectivity index (χ0) is 16.9. The van der Waals surface area contributed by atoms with Gasteiger partial charge in [0.25, 0.3) is 0 Å². The molecule has 0 spiro atoms. The number of aromatic nitrogens is 1. The molecule has 0 bridgehead atoms. The predicted molar refractivity (Wildman–Crippen MR) is 93.2 cm³/mol. The van der Waals surface area contributed by atoms with Crippen molar-refractivity contribution in [2.24, 2.45) is 0 Å². The van der Waals surface area contributed by atoms with Crippen LogP contribution in [0, 0.1) is 0 Å². The van der Waals surface area contributed by atoms with Crippen LogP contribution in [0.15, 0.2) is 66.9 Å². The van der Waals surface area contributed by atoms with Crippen LogP contribution in [-0.2, 0) is 4.74 Å². The quantitative estimate of drug-likeness (QED) is 0.405. The van der Waals surface area contributed by atoms with Gasteiger partial charge in [0.05, 0.1) is 23.4 Å². The molecule has 3 rings (SSSR count). The summed E-state index contributed by atoms with van der Waals surface area (Å²) in [7, 11) is 0. The van der Waals surface area contributed by atoms with E-state index < -0.39 is 5.97 Å². The highest BCUT2D eigenvalue weighted by Crippen LogP contribution is 2.19. The van der Waals surface area contributed by atoms with E-state index in [1.807, 2.05) is 42.5 Å². The molecule has 0 fully saturated rings. The lowest BCUT2D eigenvalue weighted by molar-refractivity contribution is 0.0529. The van der Waals surface area contributed by atoms with Gasteiger partial charge < -0.3 is 9.14 Å². The molecular formula is C20H17NO3. The first-order chi connectivity index (χ1) is 11.7. The molecule has 0 N–H and O–H groups in total. The number of esters is 1. The molecule has 24 heavy (non-hydrogen) atoms. The number of carbonyl (C=O) groups excluding carboxylic acids is 2. The average Bonchev–Trinajstić information content (AvgIpc) is 3.01. The number of allylic oxidation sites excluding steroid dienone is 1. The maximum Gasteiger partial charge on any atom is 0.340 e. The minimum absolute atomic E-state index is 0.171. The highest BCUT2D eigenvalue weighted by Gasteiger charge is 2.18. The van der Waals surface area contributed by atoms with E-state index in [0.29, 0.717) is 23.4 Å². The standard InChI is InChI=1S/C20H17NO3/c1-2-24-20(23)16-14-18(21-13-7-6-10-17(16)21)19(22)12-11-15-8-4-3-5-9-15/h3-14H,2H2,1H3/b12-11+. The third-order valence-electron chi connectivity index (χ3n) is 3.65. The van der Waals surface area contributed by atoms with Crippen molar-refractivity contribution in [3.05, 3.63) is 83.7 Å². The molecule has 2 aromatic heterocycles. The summed E-state index contributed by atoms with van der Waals surface area (Å²) in [4.78, 5) is 24.7. The van der Waals surface area contributed by atoms with E-state index >= 15 is 0 Å². The van der Waals surface area contributed by atoms with Gasteiger partial charge in [-0.15, -0.1) is 0 Å². The van der Waals surface area contributed by atoms with Gasteiger partial charge >= 0.3 is 5.97 Å². The van der Waals surface area contributed by atoms with Crippen LogP contribution in [-0.4, -0.2) is 22.8 Å². The Kier molecular flexibility index (Phi) is 4.57. The van der Waals surface area contributed by atoms with Gasteiger partial charge in [-0.3, -0.25) is 4.79 Å². The van der Waals surface area contributed by atoms with Crippen molar-refractivity contribution in [3.8, 4) is 0 Å². The Morgan fingerprint density at radius 3 is 2.58 bits per heavy atom. The summed E-state index contributed by atoms with van der Waals surface area (Å²) in [6.45, 7) is 2.05. The first-order valence-corrected chi connectivity index (χ1v) is 7.75. The molecule has 0 aliphatic carbocycles. The molecule has 3 aromatic rings. The molecule has 0 saturated heterocycles. The van der Waals surface area contributed by atoms with E-state index in [-0.39, 0.29) is 5.78 Å². The number of rotatable bonds is 5. The number of carbonyl (C=O) groups is 2. The molecule has 120 valence electrons. The van der Waals surface area contributed by atoms with Crippen LogP contribution in [0.3, 0.4) is 0 Å². The fourth-order valence-corrected chi connectivity index (χ4v) is 2.54. The number of benzene rings is 1. The van der Waals surface area contributed by atoms with Gasteiger partial charge in [-0.05, 0) is 36.8 Å².